The summed E-state index contributed by atoms with van der Waals surface area (Å²) in [5, 5.41) is 5.99. The number of nitrogens with zero attached hydrogens (tertiary/aromatic N) is 3. The fourth-order valence-corrected chi connectivity index (χ4v) is 7.83. The number of methoxy groups -OCH3 is 2. The van der Waals surface area contributed by atoms with Crippen molar-refractivity contribution < 1.29 is 23.9 Å². The number of carbonyl (C=O) groups excluding carboxylic acids is 3. The van der Waals surface area contributed by atoms with Crippen LogP contribution >= 0.6 is 11.3 Å². The van der Waals surface area contributed by atoms with Crippen molar-refractivity contribution in [3.63, 3.8) is 0 Å². The predicted molar refractivity (Wildman–Crippen MR) is 182 cm³/mol. The summed E-state index contributed by atoms with van der Waals surface area (Å²) < 4.78 is 12.0. The molecule has 3 amide bonds. The Labute approximate surface area is 279 Å². The van der Waals surface area contributed by atoms with Crippen LogP contribution in [0.3, 0.4) is 0 Å². The standard InChI is InChI=1S/C35H55N5O5S/c1-9-23(4)31(39(6)30(22(2)3)33(36)42)28(44-7)21-29(41)40-18-13-16-27(40)32(45-8)24(5)34(43)38-26(35-37-17-19-46-35)20-25-14-11-10-12-15-25/h10-12,14-15,17,19,22-24,26-28,30-32H,9,13,16,18,20-21H2,1-8H3,(H2,36,42)(H,38,43)/t23-,24+,26-,27-,28+,30-,31-,32+/m0/s1. The third-order valence-electron chi connectivity index (χ3n) is 9.64. The lowest BCUT2D eigenvalue weighted by Gasteiger charge is -2.42. The summed E-state index contributed by atoms with van der Waals surface area (Å²) in [6.07, 6.45) is 3.99. The smallest absolute Gasteiger partial charge is 0.235 e. The third-order valence-corrected chi connectivity index (χ3v) is 10.5. The van der Waals surface area contributed by atoms with Crippen LogP contribution in [-0.2, 0) is 30.3 Å². The molecule has 0 aliphatic carbocycles. The van der Waals surface area contributed by atoms with Gasteiger partial charge in [0.25, 0.3) is 0 Å². The SMILES string of the molecule is CC[C@H](C)[C@@H]([C@@H](CC(=O)N1CCC[C@H]1[C@H](OC)[C@@H](C)C(=O)N[C@@H](Cc1ccccc1)c1nccs1)OC)N(C)[C@H](C(N)=O)C(C)C. The van der Waals surface area contributed by atoms with Gasteiger partial charge in [0.1, 0.15) is 5.01 Å². The highest BCUT2D eigenvalue weighted by Crippen LogP contribution is 2.31. The number of amides is 3. The van der Waals surface area contributed by atoms with Gasteiger partial charge in [-0.15, -0.1) is 11.3 Å². The van der Waals surface area contributed by atoms with Crippen LogP contribution in [0.2, 0.25) is 0 Å². The number of hydrogen-bond acceptors (Lipinski definition) is 8. The van der Waals surface area contributed by atoms with Gasteiger partial charge in [-0.3, -0.25) is 19.3 Å². The number of likely N-dealkylation sites (tertiary alicyclic amines) is 1. The van der Waals surface area contributed by atoms with E-state index in [1.807, 2.05) is 73.3 Å². The molecular weight excluding hydrogens is 602 g/mol. The van der Waals surface area contributed by atoms with Crippen molar-refractivity contribution in [2.75, 3.05) is 27.8 Å². The highest BCUT2D eigenvalue weighted by atomic mass is 32.1. The molecular formula is C35H55N5O5S. The van der Waals surface area contributed by atoms with E-state index in [2.05, 4.69) is 24.1 Å². The van der Waals surface area contributed by atoms with Crippen molar-refractivity contribution >= 4 is 29.1 Å². The fraction of sp³-hybridized carbons (Fsp3) is 0.657. The van der Waals surface area contributed by atoms with E-state index in [4.69, 9.17) is 15.2 Å². The average Bonchev–Trinajstić information content (AvgIpc) is 3.74. The molecule has 11 heteroatoms. The van der Waals surface area contributed by atoms with Crippen LogP contribution in [0.1, 0.15) is 76.9 Å². The summed E-state index contributed by atoms with van der Waals surface area (Å²) in [5.41, 5.74) is 6.94. The minimum Gasteiger partial charge on any atom is -0.379 e. The average molecular weight is 658 g/mol. The van der Waals surface area contributed by atoms with Crippen molar-refractivity contribution in [1.82, 2.24) is 20.1 Å². The number of carbonyl (C=O) groups is 3. The topological polar surface area (TPSA) is 127 Å². The van der Waals surface area contributed by atoms with Crippen molar-refractivity contribution in [1.29, 1.82) is 0 Å². The highest BCUT2D eigenvalue weighted by molar-refractivity contribution is 7.09. The lowest BCUT2D eigenvalue weighted by atomic mass is 9.88. The highest BCUT2D eigenvalue weighted by Gasteiger charge is 2.43. The maximum atomic E-state index is 14.0. The molecule has 10 nitrogen and oxygen atoms in total. The molecule has 0 radical (unpaired) electrons. The first-order valence-corrected chi connectivity index (χ1v) is 17.4. The van der Waals surface area contributed by atoms with E-state index >= 15 is 0 Å². The molecule has 2 aromatic rings. The molecule has 0 bridgehead atoms. The molecule has 0 unspecified atom stereocenters. The van der Waals surface area contributed by atoms with Gasteiger partial charge in [0, 0.05) is 38.4 Å². The summed E-state index contributed by atoms with van der Waals surface area (Å²) >= 11 is 1.52. The van der Waals surface area contributed by atoms with Gasteiger partial charge in [-0.1, -0.05) is 71.4 Å². The summed E-state index contributed by atoms with van der Waals surface area (Å²) in [6.45, 7) is 10.6. The molecule has 46 heavy (non-hydrogen) atoms. The molecule has 0 saturated carbocycles. The van der Waals surface area contributed by atoms with Crippen LogP contribution in [0, 0.1) is 17.8 Å². The van der Waals surface area contributed by atoms with Gasteiger partial charge in [-0.25, -0.2) is 4.98 Å². The second kappa shape index (κ2) is 17.9. The monoisotopic (exact) mass is 657 g/mol. The van der Waals surface area contributed by atoms with E-state index in [9.17, 15) is 14.4 Å². The van der Waals surface area contributed by atoms with Crippen molar-refractivity contribution in [2.45, 2.75) is 103 Å². The van der Waals surface area contributed by atoms with Gasteiger partial charge in [0.2, 0.25) is 17.7 Å². The van der Waals surface area contributed by atoms with E-state index < -0.39 is 24.2 Å². The van der Waals surface area contributed by atoms with Crippen LogP contribution < -0.4 is 11.1 Å². The zero-order valence-electron chi connectivity index (χ0n) is 28.8. The number of thiazole rings is 1. The van der Waals surface area contributed by atoms with Gasteiger partial charge < -0.3 is 25.4 Å². The fourth-order valence-electron chi connectivity index (χ4n) is 7.14. The molecule has 1 aromatic heterocycles. The number of aromatic nitrogens is 1. The molecule has 1 aliphatic heterocycles. The predicted octanol–water partition coefficient (Wildman–Crippen LogP) is 4.45. The van der Waals surface area contributed by atoms with Crippen molar-refractivity contribution in [3.05, 3.63) is 52.5 Å². The molecule has 256 valence electrons. The maximum Gasteiger partial charge on any atom is 0.235 e. The van der Waals surface area contributed by atoms with Gasteiger partial charge in [-0.05, 0) is 43.7 Å². The van der Waals surface area contributed by atoms with E-state index in [1.54, 1.807) is 20.4 Å². The number of hydrogen-bond donors (Lipinski definition) is 2. The van der Waals surface area contributed by atoms with Gasteiger partial charge in [0.15, 0.2) is 0 Å². The molecule has 3 rings (SSSR count). The molecule has 1 fully saturated rings. The summed E-state index contributed by atoms with van der Waals surface area (Å²) in [7, 11) is 5.13. The number of benzene rings is 1. The van der Waals surface area contributed by atoms with Gasteiger partial charge in [0.05, 0.1) is 42.7 Å². The third kappa shape index (κ3) is 9.36. The normalized spacial score (nSPS) is 19.8. The van der Waals surface area contributed by atoms with E-state index in [-0.39, 0.29) is 54.1 Å². The minimum atomic E-state index is -0.513. The number of nitrogens with one attached hydrogen (secondary N) is 1. The van der Waals surface area contributed by atoms with Crippen LogP contribution in [0.15, 0.2) is 41.9 Å². The Morgan fingerprint density at radius 2 is 1.83 bits per heavy atom. The Morgan fingerprint density at radius 3 is 2.37 bits per heavy atom. The molecule has 2 heterocycles. The number of rotatable bonds is 18. The number of ether oxygens (including phenoxy) is 2. The van der Waals surface area contributed by atoms with E-state index in [0.717, 1.165) is 29.8 Å². The van der Waals surface area contributed by atoms with Crippen LogP contribution in [0.5, 0.6) is 0 Å². The zero-order chi connectivity index (χ0) is 34.0. The van der Waals surface area contributed by atoms with Crippen LogP contribution in [0.4, 0.5) is 0 Å². The molecule has 1 saturated heterocycles. The Bertz CT molecular complexity index is 1230. The Balaban J connectivity index is 1.77. The zero-order valence-corrected chi connectivity index (χ0v) is 29.7. The second-order valence-electron chi connectivity index (χ2n) is 13.0. The Morgan fingerprint density at radius 1 is 1.13 bits per heavy atom. The Hall–Kier alpha value is -2.86. The van der Waals surface area contributed by atoms with Crippen LogP contribution in [0.25, 0.3) is 0 Å². The number of primary amides is 1. The summed E-state index contributed by atoms with van der Waals surface area (Å²) in [6, 6.07) is 8.83. The van der Waals surface area contributed by atoms with Crippen molar-refractivity contribution in [3.8, 4) is 0 Å². The second-order valence-corrected chi connectivity index (χ2v) is 13.9. The van der Waals surface area contributed by atoms with Gasteiger partial charge in [-0.2, -0.15) is 0 Å². The van der Waals surface area contributed by atoms with E-state index in [0.29, 0.717) is 13.0 Å². The lowest BCUT2D eigenvalue weighted by molar-refractivity contribution is -0.144. The molecule has 1 aliphatic rings. The van der Waals surface area contributed by atoms with Crippen molar-refractivity contribution in [2.24, 2.45) is 23.5 Å². The Kier molecular flexibility index (Phi) is 14.6. The number of nitrogens with two attached hydrogens (primary N) is 1. The quantitative estimate of drug-likeness (QED) is 0.243. The molecule has 1 aromatic carbocycles. The first kappa shape index (κ1) is 37.6. The molecule has 3 N–H and O–H groups in total. The maximum absolute atomic E-state index is 14.0. The number of likely N-dealkylation sites (N-methyl/N-ethyl adjacent to an activating group) is 1. The first-order valence-electron chi connectivity index (χ1n) is 16.5. The lowest BCUT2D eigenvalue weighted by Crippen LogP contribution is -2.57. The summed E-state index contributed by atoms with van der Waals surface area (Å²) in [4.78, 5) is 48.6. The van der Waals surface area contributed by atoms with E-state index in [1.165, 1.54) is 11.3 Å². The molecule has 0 spiro atoms. The minimum absolute atomic E-state index is 0.00297. The molecule has 8 atom stereocenters. The van der Waals surface area contributed by atoms with Gasteiger partial charge >= 0.3 is 0 Å². The van der Waals surface area contributed by atoms with Crippen LogP contribution in [-0.4, -0.2) is 90.7 Å². The summed E-state index contributed by atoms with van der Waals surface area (Å²) in [5.74, 6) is -0.931. The largest absolute Gasteiger partial charge is 0.379 e. The first-order chi connectivity index (χ1) is 21.9.